The van der Waals surface area contributed by atoms with Crippen LogP contribution in [0.1, 0.15) is 10.5 Å². The van der Waals surface area contributed by atoms with E-state index >= 15 is 0 Å². The van der Waals surface area contributed by atoms with Crippen LogP contribution in [0.3, 0.4) is 0 Å². The zero-order valence-electron chi connectivity index (χ0n) is 9.57. The highest BCUT2D eigenvalue weighted by Crippen LogP contribution is 2.14. The van der Waals surface area contributed by atoms with E-state index in [1.807, 2.05) is 0 Å². The van der Waals surface area contributed by atoms with Gasteiger partial charge in [-0.15, -0.1) is 0 Å². The first-order valence-electron chi connectivity index (χ1n) is 4.97. The molecule has 0 atom stereocenters. The molecule has 2 aromatic heterocycles. The molecule has 0 bridgehead atoms. The molecule has 9 heteroatoms. The molecule has 2 heterocycles. The fourth-order valence-corrected chi connectivity index (χ4v) is 1.52. The highest BCUT2D eigenvalue weighted by Gasteiger charge is 2.14. The van der Waals surface area contributed by atoms with Gasteiger partial charge in [-0.1, -0.05) is 11.6 Å². The summed E-state index contributed by atoms with van der Waals surface area (Å²) in [5.41, 5.74) is -1.71. The number of aromatic nitrogens is 4. The van der Waals surface area contributed by atoms with Crippen LogP contribution in [0.25, 0.3) is 5.82 Å². The smallest absolute Gasteiger partial charge is 0.356 e. The van der Waals surface area contributed by atoms with Crippen LogP contribution >= 0.6 is 11.6 Å². The number of carbonyl (C=O) groups is 1. The second kappa shape index (κ2) is 4.65. The third kappa shape index (κ3) is 2.25. The fraction of sp³-hybridized carbons (Fsp3) is 0.100. The van der Waals surface area contributed by atoms with Crippen molar-refractivity contribution in [3.63, 3.8) is 0 Å². The molecule has 8 nitrogen and oxygen atoms in total. The van der Waals surface area contributed by atoms with Crippen LogP contribution in [0.2, 0.25) is 5.02 Å². The van der Waals surface area contributed by atoms with Crippen molar-refractivity contribution in [3.05, 3.63) is 49.9 Å². The van der Waals surface area contributed by atoms with E-state index in [1.165, 1.54) is 19.2 Å². The second-order valence-corrected chi connectivity index (χ2v) is 3.95. The highest BCUT2D eigenvalue weighted by molar-refractivity contribution is 6.33. The number of halogens is 1. The van der Waals surface area contributed by atoms with E-state index in [-0.39, 0.29) is 10.8 Å². The molecule has 0 radical (unpaired) electrons. The van der Waals surface area contributed by atoms with E-state index in [0.29, 0.717) is 0 Å². The van der Waals surface area contributed by atoms with Gasteiger partial charge in [0.2, 0.25) is 0 Å². The van der Waals surface area contributed by atoms with Gasteiger partial charge in [0, 0.05) is 7.05 Å². The van der Waals surface area contributed by atoms with Crippen LogP contribution in [-0.2, 0) is 7.05 Å². The Kier molecular flexibility index (Phi) is 3.17. The lowest BCUT2D eigenvalue weighted by Crippen LogP contribution is -2.38. The van der Waals surface area contributed by atoms with Crippen LogP contribution < -0.4 is 11.2 Å². The van der Waals surface area contributed by atoms with E-state index in [1.54, 1.807) is 0 Å². The first-order valence-corrected chi connectivity index (χ1v) is 5.35. The fourth-order valence-electron chi connectivity index (χ4n) is 1.34. The first-order chi connectivity index (χ1) is 8.91. The Bertz CT molecular complexity index is 780. The van der Waals surface area contributed by atoms with Crippen molar-refractivity contribution in [2.45, 2.75) is 0 Å². The molecule has 0 aliphatic carbocycles. The summed E-state index contributed by atoms with van der Waals surface area (Å²) in [4.78, 5) is 37.6. The van der Waals surface area contributed by atoms with Crippen LogP contribution in [0.15, 0.2) is 27.9 Å². The molecule has 0 aliphatic heterocycles. The maximum absolute atomic E-state index is 11.8. The lowest BCUT2D eigenvalue weighted by atomic mass is 10.3. The van der Waals surface area contributed by atoms with E-state index in [4.69, 9.17) is 16.7 Å². The Morgan fingerprint density at radius 2 is 2.05 bits per heavy atom. The molecule has 2 aromatic rings. The predicted molar refractivity (Wildman–Crippen MR) is 64.8 cm³/mol. The van der Waals surface area contributed by atoms with E-state index < -0.39 is 22.9 Å². The summed E-state index contributed by atoms with van der Waals surface area (Å²) in [7, 11) is 1.27. The maximum Gasteiger partial charge on any atom is 0.356 e. The summed E-state index contributed by atoms with van der Waals surface area (Å²) in [5.74, 6) is -1.37. The summed E-state index contributed by atoms with van der Waals surface area (Å²) >= 11 is 5.67. The predicted octanol–water partition coefficient (Wildman–Crippen LogP) is -0.322. The molecule has 19 heavy (non-hydrogen) atoms. The van der Waals surface area contributed by atoms with Gasteiger partial charge in [-0.25, -0.2) is 14.6 Å². The van der Waals surface area contributed by atoms with Crippen molar-refractivity contribution in [2.75, 3.05) is 0 Å². The Balaban J connectivity index is 2.70. The van der Waals surface area contributed by atoms with Crippen LogP contribution in [0.4, 0.5) is 0 Å². The van der Waals surface area contributed by atoms with Crippen molar-refractivity contribution in [3.8, 4) is 5.82 Å². The van der Waals surface area contributed by atoms with Gasteiger partial charge < -0.3 is 5.11 Å². The van der Waals surface area contributed by atoms with Gasteiger partial charge >= 0.3 is 11.7 Å². The van der Waals surface area contributed by atoms with E-state index in [2.05, 4.69) is 10.1 Å². The van der Waals surface area contributed by atoms with Crippen molar-refractivity contribution < 1.29 is 9.90 Å². The molecular weight excluding hydrogens is 276 g/mol. The average Bonchev–Trinajstić information content (AvgIpc) is 2.37. The highest BCUT2D eigenvalue weighted by atomic mass is 35.5. The zero-order valence-corrected chi connectivity index (χ0v) is 10.3. The van der Waals surface area contributed by atoms with Gasteiger partial charge in [-0.05, 0) is 12.1 Å². The Morgan fingerprint density at radius 3 is 2.68 bits per heavy atom. The van der Waals surface area contributed by atoms with Crippen molar-refractivity contribution >= 4 is 17.6 Å². The third-order valence-electron chi connectivity index (χ3n) is 2.33. The lowest BCUT2D eigenvalue weighted by molar-refractivity contribution is 0.0690. The quantitative estimate of drug-likeness (QED) is 0.809. The zero-order chi connectivity index (χ0) is 14.2. The molecule has 1 N–H and O–H groups in total. The molecule has 0 amide bonds. The van der Waals surface area contributed by atoms with Gasteiger partial charge in [0.1, 0.15) is 6.20 Å². The molecule has 0 fully saturated rings. The van der Waals surface area contributed by atoms with Gasteiger partial charge in [-0.2, -0.15) is 9.78 Å². The molecule has 0 saturated heterocycles. The van der Waals surface area contributed by atoms with Gasteiger partial charge in [0.25, 0.3) is 5.56 Å². The summed E-state index contributed by atoms with van der Waals surface area (Å²) in [5, 5.41) is 12.4. The number of hydrogen-bond acceptors (Lipinski definition) is 5. The Morgan fingerprint density at radius 1 is 1.37 bits per heavy atom. The standard InChI is InChI=1S/C10H7ClN4O4/c1-14-7(16)4-12-15(10(14)19)6-3-2-5(11)8(13-6)9(17)18/h2-4H,1H3,(H,17,18). The number of carboxylic acids is 1. The minimum Gasteiger partial charge on any atom is -0.476 e. The average molecular weight is 283 g/mol. The number of nitrogens with zero attached hydrogens (tertiary/aromatic N) is 4. The minimum atomic E-state index is -1.33. The number of aromatic carboxylic acids is 1. The normalized spacial score (nSPS) is 10.4. The summed E-state index contributed by atoms with van der Waals surface area (Å²) in [6, 6.07) is 2.61. The monoisotopic (exact) mass is 282 g/mol. The topological polar surface area (TPSA) is 107 Å². The van der Waals surface area contributed by atoms with E-state index in [9.17, 15) is 14.4 Å². The molecule has 0 unspecified atom stereocenters. The summed E-state index contributed by atoms with van der Waals surface area (Å²) in [6.07, 6.45) is 0.929. The SMILES string of the molecule is Cn1c(=O)cnn(-c2ccc(Cl)c(C(=O)O)n2)c1=O. The van der Waals surface area contributed by atoms with Crippen molar-refractivity contribution in [1.29, 1.82) is 0 Å². The summed E-state index contributed by atoms with van der Waals surface area (Å²) in [6.45, 7) is 0. The van der Waals surface area contributed by atoms with Crippen molar-refractivity contribution in [1.82, 2.24) is 19.3 Å². The van der Waals surface area contributed by atoms with Gasteiger partial charge in [0.05, 0.1) is 5.02 Å². The molecule has 2 rings (SSSR count). The van der Waals surface area contributed by atoms with Crippen molar-refractivity contribution in [2.24, 2.45) is 7.05 Å². The molecule has 0 aliphatic rings. The Labute approximate surface area is 110 Å². The van der Waals surface area contributed by atoms with E-state index in [0.717, 1.165) is 15.4 Å². The molecule has 0 spiro atoms. The maximum atomic E-state index is 11.8. The first kappa shape index (κ1) is 13.0. The number of hydrogen-bond donors (Lipinski definition) is 1. The largest absolute Gasteiger partial charge is 0.476 e. The minimum absolute atomic E-state index is 0.0394. The lowest BCUT2D eigenvalue weighted by Gasteiger charge is -2.06. The number of carboxylic acid groups (broad SMARTS) is 1. The molecule has 98 valence electrons. The number of rotatable bonds is 2. The van der Waals surface area contributed by atoms with Gasteiger partial charge in [0.15, 0.2) is 11.5 Å². The molecule has 0 saturated carbocycles. The third-order valence-corrected chi connectivity index (χ3v) is 2.64. The summed E-state index contributed by atoms with van der Waals surface area (Å²) < 4.78 is 1.63. The number of pyridine rings is 1. The van der Waals surface area contributed by atoms with Crippen LogP contribution in [0.5, 0.6) is 0 Å². The second-order valence-electron chi connectivity index (χ2n) is 3.54. The van der Waals surface area contributed by atoms with Crippen LogP contribution in [-0.4, -0.2) is 30.4 Å². The molecule has 0 aromatic carbocycles. The Hall–Kier alpha value is -2.48. The molecular formula is C10H7ClN4O4. The van der Waals surface area contributed by atoms with Crippen LogP contribution in [0, 0.1) is 0 Å². The van der Waals surface area contributed by atoms with Gasteiger partial charge in [-0.3, -0.25) is 9.36 Å².